The van der Waals surface area contributed by atoms with Gasteiger partial charge in [-0.05, 0) is 41.1 Å². The Morgan fingerprint density at radius 3 is 2.81 bits per heavy atom. The molecule has 0 unspecified atom stereocenters. The number of rotatable bonds is 4. The van der Waals surface area contributed by atoms with Crippen molar-refractivity contribution in [2.45, 2.75) is 13.0 Å². The first-order chi connectivity index (χ1) is 7.54. The van der Waals surface area contributed by atoms with Gasteiger partial charge < -0.3 is 15.2 Å². The fourth-order valence-corrected chi connectivity index (χ4v) is 1.69. The molecule has 5 heteroatoms. The molecule has 0 aliphatic carbocycles. The van der Waals surface area contributed by atoms with Crippen LogP contribution in [-0.4, -0.2) is 30.8 Å². The number of ether oxygens (including phenoxy) is 1. The van der Waals surface area contributed by atoms with E-state index in [0.717, 1.165) is 4.47 Å². The molecule has 1 atom stereocenters. The quantitative estimate of drug-likeness (QED) is 0.884. The molecule has 1 amide bonds. The van der Waals surface area contributed by atoms with Crippen molar-refractivity contribution < 1.29 is 14.6 Å². The van der Waals surface area contributed by atoms with E-state index in [1.54, 1.807) is 32.2 Å². The summed E-state index contributed by atoms with van der Waals surface area (Å²) in [6, 6.07) is 5.05. The number of hydrogen-bond donors (Lipinski definition) is 2. The Labute approximate surface area is 103 Å². The fraction of sp³-hybridized carbons (Fsp3) is 0.364. The summed E-state index contributed by atoms with van der Waals surface area (Å²) in [5, 5.41) is 11.7. The lowest BCUT2D eigenvalue weighted by molar-refractivity contribution is 0.0924. The number of methoxy groups -OCH3 is 1. The highest BCUT2D eigenvalue weighted by molar-refractivity contribution is 9.10. The van der Waals surface area contributed by atoms with Gasteiger partial charge in [-0.1, -0.05) is 0 Å². The zero-order valence-electron chi connectivity index (χ0n) is 9.16. The number of amides is 1. The molecule has 0 bridgehead atoms. The lowest BCUT2D eigenvalue weighted by atomic mass is 10.2. The van der Waals surface area contributed by atoms with Gasteiger partial charge in [0.1, 0.15) is 5.75 Å². The summed E-state index contributed by atoms with van der Waals surface area (Å²) in [4.78, 5) is 11.6. The van der Waals surface area contributed by atoms with Gasteiger partial charge in [-0.3, -0.25) is 4.79 Å². The fourth-order valence-electron chi connectivity index (χ4n) is 1.15. The highest BCUT2D eigenvalue weighted by atomic mass is 79.9. The number of aliphatic hydroxyl groups excluding tert-OH is 1. The first-order valence-corrected chi connectivity index (χ1v) is 5.63. The van der Waals surface area contributed by atoms with E-state index < -0.39 is 6.10 Å². The minimum Gasteiger partial charge on any atom is -0.496 e. The predicted molar refractivity (Wildman–Crippen MR) is 64.7 cm³/mol. The van der Waals surface area contributed by atoms with Gasteiger partial charge in [-0.15, -0.1) is 0 Å². The Bertz CT molecular complexity index is 379. The van der Waals surface area contributed by atoms with E-state index >= 15 is 0 Å². The van der Waals surface area contributed by atoms with Crippen molar-refractivity contribution in [2.24, 2.45) is 0 Å². The lowest BCUT2D eigenvalue weighted by Crippen LogP contribution is -2.30. The van der Waals surface area contributed by atoms with Crippen molar-refractivity contribution in [3.63, 3.8) is 0 Å². The van der Waals surface area contributed by atoms with Crippen LogP contribution >= 0.6 is 15.9 Å². The highest BCUT2D eigenvalue weighted by Crippen LogP contribution is 2.25. The van der Waals surface area contributed by atoms with Crippen LogP contribution in [-0.2, 0) is 0 Å². The second-order valence-corrected chi connectivity index (χ2v) is 4.26. The minimum absolute atomic E-state index is 0.218. The first kappa shape index (κ1) is 13.0. The SMILES string of the molecule is COc1ccc(C(=O)NC[C@H](C)O)cc1Br. The molecule has 88 valence electrons. The Kier molecular flexibility index (Phi) is 4.76. The summed E-state index contributed by atoms with van der Waals surface area (Å²) in [6.07, 6.45) is -0.550. The molecule has 0 saturated heterocycles. The van der Waals surface area contributed by atoms with Crippen LogP contribution in [0.3, 0.4) is 0 Å². The average molecular weight is 288 g/mol. The van der Waals surface area contributed by atoms with Gasteiger partial charge in [0, 0.05) is 12.1 Å². The molecule has 0 fully saturated rings. The van der Waals surface area contributed by atoms with Crippen LogP contribution in [0.1, 0.15) is 17.3 Å². The second kappa shape index (κ2) is 5.86. The third kappa shape index (κ3) is 3.50. The standard InChI is InChI=1S/C11H14BrNO3/c1-7(14)6-13-11(15)8-3-4-10(16-2)9(12)5-8/h3-5,7,14H,6H2,1-2H3,(H,13,15)/t7-/m0/s1. The Morgan fingerprint density at radius 1 is 1.62 bits per heavy atom. The Balaban J connectivity index is 2.73. The maximum absolute atomic E-state index is 11.6. The molecule has 1 rings (SSSR count). The summed E-state index contributed by atoms with van der Waals surface area (Å²) < 4.78 is 5.78. The second-order valence-electron chi connectivity index (χ2n) is 3.41. The van der Waals surface area contributed by atoms with Crippen molar-refractivity contribution in [1.82, 2.24) is 5.32 Å². The molecule has 16 heavy (non-hydrogen) atoms. The molecular weight excluding hydrogens is 274 g/mol. The van der Waals surface area contributed by atoms with Crippen LogP contribution in [0.5, 0.6) is 5.75 Å². The topological polar surface area (TPSA) is 58.6 Å². The maximum atomic E-state index is 11.6. The van der Waals surface area contributed by atoms with Gasteiger partial charge >= 0.3 is 0 Å². The number of hydrogen-bond acceptors (Lipinski definition) is 3. The van der Waals surface area contributed by atoms with E-state index in [0.29, 0.717) is 11.3 Å². The van der Waals surface area contributed by atoms with E-state index in [4.69, 9.17) is 9.84 Å². The van der Waals surface area contributed by atoms with Crippen molar-refractivity contribution >= 4 is 21.8 Å². The molecule has 0 aliphatic heterocycles. The van der Waals surface area contributed by atoms with Crippen LogP contribution in [0.4, 0.5) is 0 Å². The van der Waals surface area contributed by atoms with Gasteiger partial charge in [0.25, 0.3) is 5.91 Å². The van der Waals surface area contributed by atoms with Crippen LogP contribution in [0.25, 0.3) is 0 Å². The average Bonchev–Trinajstić information content (AvgIpc) is 2.25. The van der Waals surface area contributed by atoms with Crippen LogP contribution < -0.4 is 10.1 Å². The highest BCUT2D eigenvalue weighted by Gasteiger charge is 2.09. The van der Waals surface area contributed by atoms with Crippen LogP contribution in [0, 0.1) is 0 Å². The minimum atomic E-state index is -0.550. The molecule has 0 heterocycles. The third-order valence-corrected chi connectivity index (χ3v) is 2.59. The summed E-state index contributed by atoms with van der Waals surface area (Å²) in [5.41, 5.74) is 0.522. The van der Waals surface area contributed by atoms with Crippen LogP contribution in [0.2, 0.25) is 0 Å². The number of halogens is 1. The van der Waals surface area contributed by atoms with E-state index in [1.165, 1.54) is 0 Å². The molecule has 1 aromatic carbocycles. The lowest BCUT2D eigenvalue weighted by Gasteiger charge is -2.08. The summed E-state index contributed by atoms with van der Waals surface area (Å²) in [7, 11) is 1.56. The molecule has 2 N–H and O–H groups in total. The molecule has 1 aromatic rings. The summed E-state index contributed by atoms with van der Waals surface area (Å²) >= 11 is 3.30. The Hall–Kier alpha value is -1.07. The van der Waals surface area contributed by atoms with Gasteiger partial charge in [0.05, 0.1) is 17.7 Å². The van der Waals surface area contributed by atoms with Gasteiger partial charge in [-0.2, -0.15) is 0 Å². The molecule has 0 radical (unpaired) electrons. The van der Waals surface area contributed by atoms with Crippen molar-refractivity contribution in [1.29, 1.82) is 0 Å². The summed E-state index contributed by atoms with van der Waals surface area (Å²) in [5.74, 6) is 0.455. The molecule has 0 aromatic heterocycles. The maximum Gasteiger partial charge on any atom is 0.251 e. The van der Waals surface area contributed by atoms with Crippen LogP contribution in [0.15, 0.2) is 22.7 Å². The first-order valence-electron chi connectivity index (χ1n) is 4.84. The molecule has 0 spiro atoms. The number of benzene rings is 1. The normalized spacial score (nSPS) is 12.0. The van der Waals surface area contributed by atoms with Crippen molar-refractivity contribution in [2.75, 3.05) is 13.7 Å². The van der Waals surface area contributed by atoms with Crippen molar-refractivity contribution in [3.05, 3.63) is 28.2 Å². The van der Waals surface area contributed by atoms with E-state index in [9.17, 15) is 4.79 Å². The number of aliphatic hydroxyl groups is 1. The molecule has 0 saturated carbocycles. The zero-order valence-corrected chi connectivity index (χ0v) is 10.7. The van der Waals surface area contributed by atoms with E-state index in [2.05, 4.69) is 21.2 Å². The van der Waals surface area contributed by atoms with Crippen molar-refractivity contribution in [3.8, 4) is 5.75 Å². The molecular formula is C11H14BrNO3. The third-order valence-electron chi connectivity index (χ3n) is 1.97. The van der Waals surface area contributed by atoms with Gasteiger partial charge in [0.2, 0.25) is 0 Å². The monoisotopic (exact) mass is 287 g/mol. The predicted octanol–water partition coefficient (Wildman–Crippen LogP) is 1.57. The Morgan fingerprint density at radius 2 is 2.31 bits per heavy atom. The zero-order chi connectivity index (χ0) is 12.1. The number of nitrogens with one attached hydrogen (secondary N) is 1. The number of carbonyl (C=O) groups excluding carboxylic acids is 1. The molecule has 4 nitrogen and oxygen atoms in total. The smallest absolute Gasteiger partial charge is 0.251 e. The van der Waals surface area contributed by atoms with E-state index in [-0.39, 0.29) is 12.5 Å². The van der Waals surface area contributed by atoms with Gasteiger partial charge in [-0.25, -0.2) is 0 Å². The summed E-state index contributed by atoms with van der Waals surface area (Å²) in [6.45, 7) is 1.85. The largest absolute Gasteiger partial charge is 0.496 e. The number of carbonyl (C=O) groups is 1. The molecule has 0 aliphatic rings. The van der Waals surface area contributed by atoms with E-state index in [1.807, 2.05) is 0 Å². The van der Waals surface area contributed by atoms with Gasteiger partial charge in [0.15, 0.2) is 0 Å².